The van der Waals surface area contributed by atoms with E-state index in [4.69, 9.17) is 0 Å². The van der Waals surface area contributed by atoms with Gasteiger partial charge in [-0.15, -0.1) is 0 Å². The molecule has 0 fully saturated rings. The Morgan fingerprint density at radius 3 is 2.54 bits per heavy atom. The van der Waals surface area contributed by atoms with E-state index in [0.29, 0.717) is 35.5 Å². The molecule has 1 N–H and O–H groups in total. The molecule has 130 valence electrons. The molecule has 1 aliphatic rings. The molecule has 1 aliphatic heterocycles. The summed E-state index contributed by atoms with van der Waals surface area (Å²) in [4.78, 5) is 20.8. The normalized spacial score (nSPS) is 13.3. The summed E-state index contributed by atoms with van der Waals surface area (Å²) in [6.07, 6.45) is 0.523. The van der Waals surface area contributed by atoms with Crippen LogP contribution in [-0.4, -0.2) is 22.4 Å². The molecule has 0 saturated heterocycles. The Kier molecular flexibility index (Phi) is 3.95. The van der Waals surface area contributed by atoms with Crippen molar-refractivity contribution in [2.75, 3.05) is 6.54 Å². The lowest BCUT2D eigenvalue weighted by atomic mass is 9.97. The summed E-state index contributed by atoms with van der Waals surface area (Å²) in [5.41, 5.74) is 2.66. The number of carbonyl (C=O) groups excluding carboxylic acids is 1. The van der Waals surface area contributed by atoms with Crippen LogP contribution in [0.3, 0.4) is 0 Å². The average Bonchev–Trinajstić information content (AvgIpc) is 2.64. The molecule has 3 aromatic rings. The lowest BCUT2D eigenvalue weighted by molar-refractivity contribution is 0.0944. The maximum Gasteiger partial charge on any atom is 0.254 e. The minimum absolute atomic E-state index is 0.00748. The van der Waals surface area contributed by atoms with Crippen molar-refractivity contribution in [2.24, 2.45) is 0 Å². The number of halogens is 2. The zero-order valence-electron chi connectivity index (χ0n) is 14.0. The topological polar surface area (TPSA) is 54.9 Å². The Morgan fingerprint density at radius 1 is 1.00 bits per heavy atom. The molecule has 2 aromatic carbocycles. The second kappa shape index (κ2) is 6.29. The summed E-state index contributed by atoms with van der Waals surface area (Å²) >= 11 is 0. The Bertz CT molecular complexity index is 1020. The number of aryl methyl sites for hydroxylation is 1. The van der Waals surface area contributed by atoms with Gasteiger partial charge < -0.3 is 5.32 Å². The fourth-order valence-electron chi connectivity index (χ4n) is 3.23. The first-order valence-electron chi connectivity index (χ1n) is 8.25. The molecule has 0 spiro atoms. The number of fused-ring (bicyclic) bond motifs is 1. The van der Waals surface area contributed by atoms with Gasteiger partial charge in [-0.1, -0.05) is 36.4 Å². The zero-order chi connectivity index (χ0) is 18.3. The second-order valence-corrected chi connectivity index (χ2v) is 6.11. The smallest absolute Gasteiger partial charge is 0.254 e. The summed E-state index contributed by atoms with van der Waals surface area (Å²) in [5.74, 6) is -2.10. The van der Waals surface area contributed by atoms with Crippen LogP contribution in [0.4, 0.5) is 8.78 Å². The number of hydrogen-bond donors (Lipinski definition) is 1. The first kappa shape index (κ1) is 16.3. The highest BCUT2D eigenvalue weighted by molar-refractivity contribution is 5.97. The molecule has 26 heavy (non-hydrogen) atoms. The maximum absolute atomic E-state index is 14.7. The van der Waals surface area contributed by atoms with Gasteiger partial charge in [0.1, 0.15) is 0 Å². The number of nitrogens with one attached hydrogen (secondary N) is 1. The molecule has 1 amide bonds. The van der Waals surface area contributed by atoms with Gasteiger partial charge in [-0.25, -0.2) is 18.7 Å². The minimum atomic E-state index is -0.994. The lowest BCUT2D eigenvalue weighted by Gasteiger charge is -2.19. The third kappa shape index (κ3) is 2.63. The van der Waals surface area contributed by atoms with Crippen molar-refractivity contribution in [3.63, 3.8) is 0 Å². The van der Waals surface area contributed by atoms with Crippen LogP contribution in [0.15, 0.2) is 42.5 Å². The molecule has 2 heterocycles. The van der Waals surface area contributed by atoms with Crippen LogP contribution in [0.2, 0.25) is 0 Å². The third-order valence-electron chi connectivity index (χ3n) is 4.44. The Labute approximate surface area is 148 Å². The standard InChI is InChI=1S/C20H15F2N3O/c1-11-16-15(9-10-23-20(16)26)25-19(24-11)17-13(7-8-14(21)18(17)22)12-5-3-2-4-6-12/h2-8H,9-10H2,1H3,(H,23,26). The van der Waals surface area contributed by atoms with Crippen LogP contribution in [-0.2, 0) is 6.42 Å². The summed E-state index contributed by atoms with van der Waals surface area (Å²) in [6, 6.07) is 11.7. The predicted octanol–water partition coefficient (Wildman–Crippen LogP) is 3.68. The molecule has 0 aliphatic carbocycles. The first-order chi connectivity index (χ1) is 12.6. The molecule has 1 aromatic heterocycles. The van der Waals surface area contributed by atoms with E-state index in [9.17, 15) is 13.6 Å². The lowest BCUT2D eigenvalue weighted by Crippen LogP contribution is -2.33. The van der Waals surface area contributed by atoms with Crippen molar-refractivity contribution >= 4 is 5.91 Å². The fraction of sp³-hybridized carbons (Fsp3) is 0.150. The van der Waals surface area contributed by atoms with E-state index in [1.54, 1.807) is 6.92 Å². The highest BCUT2D eigenvalue weighted by Gasteiger charge is 2.25. The molecule has 0 atom stereocenters. The molecule has 0 bridgehead atoms. The van der Waals surface area contributed by atoms with Crippen LogP contribution in [0.25, 0.3) is 22.5 Å². The van der Waals surface area contributed by atoms with Gasteiger partial charge in [0.2, 0.25) is 0 Å². The number of carbonyl (C=O) groups is 1. The number of benzene rings is 2. The van der Waals surface area contributed by atoms with Crippen molar-refractivity contribution in [1.29, 1.82) is 0 Å². The Morgan fingerprint density at radius 2 is 1.77 bits per heavy atom. The average molecular weight is 351 g/mol. The van der Waals surface area contributed by atoms with Gasteiger partial charge in [0.25, 0.3) is 5.91 Å². The van der Waals surface area contributed by atoms with Gasteiger partial charge >= 0.3 is 0 Å². The van der Waals surface area contributed by atoms with Crippen LogP contribution < -0.4 is 5.32 Å². The molecule has 0 unspecified atom stereocenters. The largest absolute Gasteiger partial charge is 0.352 e. The second-order valence-electron chi connectivity index (χ2n) is 6.11. The summed E-state index contributed by atoms with van der Waals surface area (Å²) < 4.78 is 28.7. The van der Waals surface area contributed by atoms with Crippen LogP contribution in [0.5, 0.6) is 0 Å². The van der Waals surface area contributed by atoms with Crippen LogP contribution in [0.1, 0.15) is 21.7 Å². The van der Waals surface area contributed by atoms with Crippen LogP contribution in [0, 0.1) is 18.6 Å². The van der Waals surface area contributed by atoms with Gasteiger partial charge in [0.05, 0.1) is 22.5 Å². The summed E-state index contributed by atoms with van der Waals surface area (Å²) in [5, 5.41) is 2.74. The van der Waals surface area contributed by atoms with E-state index in [1.807, 2.05) is 30.3 Å². The summed E-state index contributed by atoms with van der Waals surface area (Å²) in [6.45, 7) is 2.13. The van der Waals surface area contributed by atoms with Gasteiger partial charge in [0, 0.05) is 13.0 Å². The number of nitrogens with zero attached hydrogens (tertiary/aromatic N) is 2. The molecule has 4 rings (SSSR count). The van der Waals surface area contributed by atoms with Crippen molar-refractivity contribution in [2.45, 2.75) is 13.3 Å². The van der Waals surface area contributed by atoms with Crippen LogP contribution >= 0.6 is 0 Å². The van der Waals surface area contributed by atoms with Crippen molar-refractivity contribution in [3.05, 3.63) is 71.1 Å². The monoisotopic (exact) mass is 351 g/mol. The van der Waals surface area contributed by atoms with E-state index in [-0.39, 0.29) is 17.3 Å². The fourth-order valence-corrected chi connectivity index (χ4v) is 3.23. The number of amides is 1. The van der Waals surface area contributed by atoms with E-state index >= 15 is 0 Å². The zero-order valence-corrected chi connectivity index (χ0v) is 14.0. The van der Waals surface area contributed by atoms with Gasteiger partial charge in [-0.05, 0) is 24.1 Å². The molecule has 0 radical (unpaired) electrons. The number of rotatable bonds is 2. The SMILES string of the molecule is Cc1nc(-c2c(-c3ccccc3)ccc(F)c2F)nc2c1C(=O)NCC2. The number of hydrogen-bond acceptors (Lipinski definition) is 3. The number of aromatic nitrogens is 2. The van der Waals surface area contributed by atoms with E-state index in [0.717, 1.165) is 11.6 Å². The van der Waals surface area contributed by atoms with E-state index in [2.05, 4.69) is 15.3 Å². The molecule has 0 saturated carbocycles. The minimum Gasteiger partial charge on any atom is -0.352 e. The highest BCUT2D eigenvalue weighted by atomic mass is 19.2. The molecule has 6 heteroatoms. The molecular formula is C20H15F2N3O. The van der Waals surface area contributed by atoms with Gasteiger partial charge in [-0.3, -0.25) is 4.79 Å². The Hall–Kier alpha value is -3.15. The summed E-state index contributed by atoms with van der Waals surface area (Å²) in [7, 11) is 0. The van der Waals surface area contributed by atoms with Crippen molar-refractivity contribution in [3.8, 4) is 22.5 Å². The van der Waals surface area contributed by atoms with E-state index in [1.165, 1.54) is 6.07 Å². The van der Waals surface area contributed by atoms with Crippen molar-refractivity contribution < 1.29 is 13.6 Å². The van der Waals surface area contributed by atoms with E-state index < -0.39 is 11.6 Å². The maximum atomic E-state index is 14.7. The van der Waals surface area contributed by atoms with Crippen molar-refractivity contribution in [1.82, 2.24) is 15.3 Å². The third-order valence-corrected chi connectivity index (χ3v) is 4.44. The molecule has 4 nitrogen and oxygen atoms in total. The quantitative estimate of drug-likeness (QED) is 0.766. The molecular weight excluding hydrogens is 336 g/mol. The highest BCUT2D eigenvalue weighted by Crippen LogP contribution is 2.34. The van der Waals surface area contributed by atoms with Gasteiger partial charge in [-0.2, -0.15) is 0 Å². The predicted molar refractivity (Wildman–Crippen MR) is 93.6 cm³/mol. The first-order valence-corrected chi connectivity index (χ1v) is 8.25. The van der Waals surface area contributed by atoms with Gasteiger partial charge in [0.15, 0.2) is 17.5 Å². The Balaban J connectivity index is 1.98.